The van der Waals surface area contributed by atoms with Gasteiger partial charge in [-0.2, -0.15) is 0 Å². The molecule has 84 valence electrons. The van der Waals surface area contributed by atoms with Crippen LogP contribution in [0.15, 0.2) is 46.7 Å². The van der Waals surface area contributed by atoms with E-state index in [9.17, 15) is 0 Å². The van der Waals surface area contributed by atoms with Crippen LogP contribution in [0, 0.1) is 0 Å². The number of hydrogen-bond acceptors (Lipinski definition) is 3. The molecule has 2 aromatic heterocycles. The van der Waals surface area contributed by atoms with Gasteiger partial charge in [-0.1, -0.05) is 17.7 Å². The lowest BCUT2D eigenvalue weighted by atomic mass is 10.2. The van der Waals surface area contributed by atoms with Crippen molar-refractivity contribution < 1.29 is 4.42 Å². The third kappa shape index (κ3) is 1.91. The maximum Gasteiger partial charge on any atom is 0.227 e. The molecule has 0 saturated carbocycles. The van der Waals surface area contributed by atoms with Crippen molar-refractivity contribution in [2.75, 3.05) is 0 Å². The predicted molar refractivity (Wildman–Crippen MR) is 66.2 cm³/mol. The third-order valence-electron chi connectivity index (χ3n) is 2.77. The number of allylic oxidation sites excluding steroid dienone is 3. The van der Waals surface area contributed by atoms with Gasteiger partial charge in [0.25, 0.3) is 0 Å². The summed E-state index contributed by atoms with van der Waals surface area (Å²) >= 11 is 0. The number of aromatic nitrogens is 2. The molecule has 0 amide bonds. The van der Waals surface area contributed by atoms with E-state index in [0.29, 0.717) is 5.89 Å². The molecule has 17 heavy (non-hydrogen) atoms. The maximum absolute atomic E-state index is 5.76. The molecule has 0 saturated heterocycles. The van der Waals surface area contributed by atoms with Gasteiger partial charge in [-0.25, -0.2) is 4.98 Å². The van der Waals surface area contributed by atoms with Gasteiger partial charge in [0.2, 0.25) is 5.89 Å². The highest BCUT2D eigenvalue weighted by atomic mass is 16.4. The molecule has 0 radical (unpaired) electrons. The van der Waals surface area contributed by atoms with Gasteiger partial charge in [-0.05, 0) is 25.1 Å². The number of oxazole rings is 1. The number of pyridine rings is 1. The van der Waals surface area contributed by atoms with Crippen molar-refractivity contribution in [3.05, 3.63) is 53.7 Å². The molecule has 2 heterocycles. The molecular formula is C14H12N2O. The Hall–Kier alpha value is -2.16. The van der Waals surface area contributed by atoms with Crippen molar-refractivity contribution in [3.8, 4) is 11.5 Å². The summed E-state index contributed by atoms with van der Waals surface area (Å²) in [5.74, 6) is 1.51. The molecule has 2 aromatic rings. The molecule has 1 aliphatic carbocycles. The Morgan fingerprint density at radius 1 is 1.18 bits per heavy atom. The molecule has 3 rings (SSSR count). The van der Waals surface area contributed by atoms with Crippen LogP contribution in [0.2, 0.25) is 0 Å². The first kappa shape index (κ1) is 10.0. The summed E-state index contributed by atoms with van der Waals surface area (Å²) in [7, 11) is 0. The van der Waals surface area contributed by atoms with E-state index in [1.807, 2.05) is 24.3 Å². The zero-order valence-corrected chi connectivity index (χ0v) is 9.55. The van der Waals surface area contributed by atoms with Crippen LogP contribution in [0.5, 0.6) is 0 Å². The van der Waals surface area contributed by atoms with Crippen LogP contribution in [0.3, 0.4) is 0 Å². The van der Waals surface area contributed by atoms with Crippen molar-refractivity contribution in [2.45, 2.75) is 13.3 Å². The predicted octanol–water partition coefficient (Wildman–Crippen LogP) is 3.25. The van der Waals surface area contributed by atoms with Gasteiger partial charge in [0, 0.05) is 24.4 Å². The molecule has 0 aliphatic heterocycles. The SMILES string of the molecule is CC1=CCc2nc(-c3ccncc3)oc2C=C1. The zero-order valence-electron chi connectivity index (χ0n) is 9.55. The lowest BCUT2D eigenvalue weighted by molar-refractivity contribution is 0.563. The minimum atomic E-state index is 0.662. The Kier molecular flexibility index (Phi) is 2.37. The first-order valence-corrected chi connectivity index (χ1v) is 5.58. The van der Waals surface area contributed by atoms with Crippen molar-refractivity contribution in [3.63, 3.8) is 0 Å². The highest BCUT2D eigenvalue weighted by Crippen LogP contribution is 2.25. The van der Waals surface area contributed by atoms with Crippen molar-refractivity contribution in [1.82, 2.24) is 9.97 Å². The number of hydrogen-bond donors (Lipinski definition) is 0. The second kappa shape index (κ2) is 4.01. The Balaban J connectivity index is 2.03. The lowest BCUT2D eigenvalue weighted by Gasteiger charge is -1.92. The van der Waals surface area contributed by atoms with Gasteiger partial charge in [0.1, 0.15) is 0 Å². The third-order valence-corrected chi connectivity index (χ3v) is 2.77. The summed E-state index contributed by atoms with van der Waals surface area (Å²) in [5, 5.41) is 0. The average Bonchev–Trinajstić information content (AvgIpc) is 2.71. The molecule has 1 aliphatic rings. The first-order valence-electron chi connectivity index (χ1n) is 5.58. The largest absolute Gasteiger partial charge is 0.436 e. The summed E-state index contributed by atoms with van der Waals surface area (Å²) < 4.78 is 5.76. The summed E-state index contributed by atoms with van der Waals surface area (Å²) in [6.45, 7) is 2.08. The van der Waals surface area contributed by atoms with E-state index in [1.165, 1.54) is 5.57 Å². The fraction of sp³-hybridized carbons (Fsp3) is 0.143. The van der Waals surface area contributed by atoms with E-state index in [4.69, 9.17) is 4.42 Å². The van der Waals surface area contributed by atoms with E-state index in [-0.39, 0.29) is 0 Å². The van der Waals surface area contributed by atoms with Gasteiger partial charge in [0.15, 0.2) is 5.76 Å². The topological polar surface area (TPSA) is 38.9 Å². The van der Waals surface area contributed by atoms with Crippen LogP contribution >= 0.6 is 0 Å². The van der Waals surface area contributed by atoms with Crippen LogP contribution in [-0.4, -0.2) is 9.97 Å². The standard InChI is InChI=1S/C14H12N2O/c1-10-2-4-12-13(5-3-10)17-14(16-12)11-6-8-15-9-7-11/h2-3,5-9H,4H2,1H3. The molecule has 0 unspecified atom stereocenters. The molecule has 0 atom stereocenters. The fourth-order valence-electron chi connectivity index (χ4n) is 1.79. The number of fused-ring (bicyclic) bond motifs is 1. The van der Waals surface area contributed by atoms with Crippen LogP contribution in [0.1, 0.15) is 18.4 Å². The van der Waals surface area contributed by atoms with Gasteiger partial charge in [-0.15, -0.1) is 0 Å². The Morgan fingerprint density at radius 2 is 2.00 bits per heavy atom. The highest BCUT2D eigenvalue weighted by Gasteiger charge is 2.13. The normalized spacial score (nSPS) is 14.1. The molecule has 3 heteroatoms. The van der Waals surface area contributed by atoms with E-state index in [0.717, 1.165) is 23.4 Å². The summed E-state index contributed by atoms with van der Waals surface area (Å²) in [4.78, 5) is 8.51. The molecule has 3 nitrogen and oxygen atoms in total. The van der Waals surface area contributed by atoms with Crippen LogP contribution in [-0.2, 0) is 6.42 Å². The summed E-state index contributed by atoms with van der Waals surface area (Å²) in [6, 6.07) is 3.80. The second-order valence-electron chi connectivity index (χ2n) is 4.05. The van der Waals surface area contributed by atoms with E-state index in [1.54, 1.807) is 12.4 Å². The smallest absolute Gasteiger partial charge is 0.227 e. The van der Waals surface area contributed by atoms with Gasteiger partial charge in [-0.3, -0.25) is 4.98 Å². The van der Waals surface area contributed by atoms with Crippen LogP contribution < -0.4 is 0 Å². The highest BCUT2D eigenvalue weighted by molar-refractivity contribution is 5.58. The molecule has 0 aromatic carbocycles. The Bertz CT molecular complexity index is 594. The van der Waals surface area contributed by atoms with Gasteiger partial charge in [0.05, 0.1) is 5.69 Å². The lowest BCUT2D eigenvalue weighted by Crippen LogP contribution is -1.84. The fourth-order valence-corrected chi connectivity index (χ4v) is 1.79. The second-order valence-corrected chi connectivity index (χ2v) is 4.05. The van der Waals surface area contributed by atoms with E-state index in [2.05, 4.69) is 23.0 Å². The maximum atomic E-state index is 5.76. The van der Waals surface area contributed by atoms with Crippen molar-refractivity contribution in [2.24, 2.45) is 0 Å². The average molecular weight is 224 g/mol. The molecule has 0 bridgehead atoms. The van der Waals surface area contributed by atoms with Gasteiger partial charge >= 0.3 is 0 Å². The monoisotopic (exact) mass is 224 g/mol. The molecule has 0 spiro atoms. The Morgan fingerprint density at radius 3 is 2.82 bits per heavy atom. The molecule has 0 N–H and O–H groups in total. The molecule has 0 fully saturated rings. The summed E-state index contributed by atoms with van der Waals surface area (Å²) in [5.41, 5.74) is 3.19. The van der Waals surface area contributed by atoms with Gasteiger partial charge < -0.3 is 4.42 Å². The number of rotatable bonds is 1. The zero-order chi connectivity index (χ0) is 11.7. The van der Waals surface area contributed by atoms with Crippen molar-refractivity contribution in [1.29, 1.82) is 0 Å². The minimum absolute atomic E-state index is 0.662. The van der Waals surface area contributed by atoms with E-state index < -0.39 is 0 Å². The molecular weight excluding hydrogens is 212 g/mol. The first-order chi connectivity index (χ1) is 8.33. The Labute approximate surface area is 99.5 Å². The quantitative estimate of drug-likeness (QED) is 0.746. The van der Waals surface area contributed by atoms with E-state index >= 15 is 0 Å². The number of nitrogens with zero attached hydrogens (tertiary/aromatic N) is 2. The van der Waals surface area contributed by atoms with Crippen molar-refractivity contribution >= 4 is 6.08 Å². The minimum Gasteiger partial charge on any atom is -0.436 e. The van der Waals surface area contributed by atoms with Crippen LogP contribution in [0.4, 0.5) is 0 Å². The van der Waals surface area contributed by atoms with Crippen LogP contribution in [0.25, 0.3) is 17.5 Å². The summed E-state index contributed by atoms with van der Waals surface area (Å²) in [6.07, 6.45) is 10.5.